The van der Waals surface area contributed by atoms with Gasteiger partial charge in [0.2, 0.25) is 6.41 Å². The van der Waals surface area contributed by atoms with E-state index in [-0.39, 0.29) is 30.0 Å². The fraction of sp³-hybridized carbons (Fsp3) is 0.815. The maximum absolute atomic E-state index is 12.0. The molecule has 0 spiro atoms. The Morgan fingerprint density at radius 2 is 1.65 bits per heavy atom. The van der Waals surface area contributed by atoms with Crippen LogP contribution in [0.3, 0.4) is 0 Å². The molecule has 0 rings (SSSR count). The van der Waals surface area contributed by atoms with E-state index < -0.39 is 18.4 Å². The zero-order valence-electron chi connectivity index (χ0n) is 27.3. The van der Waals surface area contributed by atoms with E-state index in [9.17, 15) is 24.0 Å². The number of quaternary nitrogens is 1. The minimum atomic E-state index is -0.784. The Labute approximate surface area is 257 Å². The number of nitrogens with zero attached hydrogens (tertiary/aromatic N) is 3. The smallest absolute Gasteiger partial charge is 0.353 e. The van der Waals surface area contributed by atoms with Gasteiger partial charge in [0.15, 0.2) is 6.29 Å². The lowest BCUT2D eigenvalue weighted by molar-refractivity contribution is -0.967. The number of hydrogen-bond donors (Lipinski definition) is 5. The van der Waals surface area contributed by atoms with Crippen LogP contribution in [-0.4, -0.2) is 158 Å². The normalized spacial score (nSPS) is 13.3. The van der Waals surface area contributed by atoms with E-state index in [1.165, 1.54) is 7.11 Å². The molecule has 16 nitrogen and oxygen atoms in total. The summed E-state index contributed by atoms with van der Waals surface area (Å²) in [6.07, 6.45) is 2.07. The molecule has 43 heavy (non-hydrogen) atoms. The van der Waals surface area contributed by atoms with E-state index in [1.54, 1.807) is 0 Å². The molecule has 2 unspecified atom stereocenters. The van der Waals surface area contributed by atoms with E-state index in [0.29, 0.717) is 45.4 Å². The van der Waals surface area contributed by atoms with Crippen molar-refractivity contribution in [1.29, 1.82) is 0 Å². The highest BCUT2D eigenvalue weighted by Gasteiger charge is 2.36. The standard InChI is InChI=1S/C16H34N3O4.C6H14N2O2.C5H11N3O2/c1-7-17(4)14-15(21)23-16(22-6)19(5,12-13-20)11-10-18(8-2)9-3;1-7-2-4-10-5-3-8-6-9;6-4(2-1-3-9)5(10)8-7/h13,16H,7-12,14H2,1-6H3;6-7H,2-5H2,1H3,(H,8,9);3-4H,1-2,6-7H2,(H,8,10)/q+1;;/t16-,19?;;/m1../s1. The van der Waals surface area contributed by atoms with Gasteiger partial charge >= 0.3 is 12.4 Å². The maximum atomic E-state index is 12.0. The predicted octanol–water partition coefficient (Wildman–Crippen LogP) is -2.35. The first-order valence-electron chi connectivity index (χ1n) is 14.5. The van der Waals surface area contributed by atoms with Crippen molar-refractivity contribution in [3.05, 3.63) is 0 Å². The van der Waals surface area contributed by atoms with Crippen LogP contribution in [0.5, 0.6) is 0 Å². The largest absolute Gasteiger partial charge is 0.386 e. The highest BCUT2D eigenvalue weighted by Crippen LogP contribution is 2.13. The number of ether oxygens (including phenoxy) is 3. The van der Waals surface area contributed by atoms with Crippen molar-refractivity contribution >= 4 is 30.9 Å². The number of esters is 1. The van der Waals surface area contributed by atoms with Crippen LogP contribution in [0.4, 0.5) is 0 Å². The van der Waals surface area contributed by atoms with Gasteiger partial charge in [-0.3, -0.25) is 43.6 Å². The summed E-state index contributed by atoms with van der Waals surface area (Å²) in [6.45, 7) is 13.4. The highest BCUT2D eigenvalue weighted by atomic mass is 16.7. The number of carbonyl (C=O) groups excluding carboxylic acids is 5. The molecule has 254 valence electrons. The third-order valence-corrected chi connectivity index (χ3v) is 6.24. The summed E-state index contributed by atoms with van der Waals surface area (Å²) >= 11 is 0. The Morgan fingerprint density at radius 3 is 2.12 bits per heavy atom. The van der Waals surface area contributed by atoms with Crippen molar-refractivity contribution in [2.75, 3.05) is 100 Å². The summed E-state index contributed by atoms with van der Waals surface area (Å²) < 4.78 is 16.2. The van der Waals surface area contributed by atoms with Gasteiger partial charge in [-0.2, -0.15) is 0 Å². The van der Waals surface area contributed by atoms with Crippen molar-refractivity contribution in [2.24, 2.45) is 11.6 Å². The predicted molar refractivity (Wildman–Crippen MR) is 164 cm³/mol. The quantitative estimate of drug-likeness (QED) is 0.0112. The molecule has 2 amide bonds. The molecule has 0 aromatic rings. The molecule has 0 bridgehead atoms. The van der Waals surface area contributed by atoms with Gasteiger partial charge in [0, 0.05) is 33.2 Å². The van der Waals surface area contributed by atoms with Crippen molar-refractivity contribution in [3.63, 3.8) is 0 Å². The van der Waals surface area contributed by atoms with Gasteiger partial charge in [0.05, 0.1) is 39.4 Å². The summed E-state index contributed by atoms with van der Waals surface area (Å²) in [5.74, 6) is 3.99. The average Bonchev–Trinajstić information content (AvgIpc) is 3.01. The first kappa shape index (κ1) is 44.9. The Bertz CT molecular complexity index is 718. The SMILES string of the molecule is CCN(C)CC(=O)O[C@@H](OC)[N+](C)(CC=O)CCN(CC)CC.CNCCOCCNC=O.NNC(=O)C(N)CCC=O. The monoisotopic (exact) mass is 623 g/mol. The first-order valence-corrected chi connectivity index (χ1v) is 14.5. The lowest BCUT2D eigenvalue weighted by Crippen LogP contribution is -2.58. The van der Waals surface area contributed by atoms with Crippen molar-refractivity contribution in [2.45, 2.75) is 46.1 Å². The first-order chi connectivity index (χ1) is 20.5. The molecule has 0 saturated heterocycles. The van der Waals surface area contributed by atoms with Gasteiger partial charge in [0.1, 0.15) is 12.8 Å². The Balaban J connectivity index is -0.000000658. The molecule has 16 heteroatoms. The molecule has 0 radical (unpaired) electrons. The molecule has 0 aliphatic rings. The summed E-state index contributed by atoms with van der Waals surface area (Å²) in [7, 11) is 7.10. The van der Waals surface area contributed by atoms with Crippen LogP contribution in [0.2, 0.25) is 0 Å². The highest BCUT2D eigenvalue weighted by molar-refractivity contribution is 5.81. The fourth-order valence-corrected chi connectivity index (χ4v) is 3.23. The van der Waals surface area contributed by atoms with E-state index in [4.69, 9.17) is 25.8 Å². The third-order valence-electron chi connectivity index (χ3n) is 6.24. The molecule has 7 N–H and O–H groups in total. The lowest BCUT2D eigenvalue weighted by atomic mass is 10.2. The molecule has 0 aliphatic carbocycles. The maximum Gasteiger partial charge on any atom is 0.353 e. The van der Waals surface area contributed by atoms with Crippen LogP contribution in [0, 0.1) is 0 Å². The van der Waals surface area contributed by atoms with Crippen molar-refractivity contribution in [1.82, 2.24) is 25.9 Å². The Hall–Kier alpha value is -2.57. The van der Waals surface area contributed by atoms with Crippen LogP contribution in [0.25, 0.3) is 0 Å². The molecule has 0 aromatic carbocycles. The zero-order chi connectivity index (χ0) is 33.5. The number of amides is 2. The van der Waals surface area contributed by atoms with Gasteiger partial charge in [-0.1, -0.05) is 20.8 Å². The number of nitrogens with two attached hydrogens (primary N) is 2. The second-order valence-electron chi connectivity index (χ2n) is 9.59. The Morgan fingerprint density at radius 1 is 1.02 bits per heavy atom. The third kappa shape index (κ3) is 25.6. The van der Waals surface area contributed by atoms with Gasteiger partial charge in [-0.25, -0.2) is 5.84 Å². The van der Waals surface area contributed by atoms with E-state index >= 15 is 0 Å². The van der Waals surface area contributed by atoms with Crippen molar-refractivity contribution in [3.8, 4) is 0 Å². The second-order valence-corrected chi connectivity index (χ2v) is 9.59. The Kier molecular flexibility index (Phi) is 32.2. The number of carbonyl (C=O) groups is 5. The molecular formula is C27H59N8O8+. The average molecular weight is 624 g/mol. The molecule has 0 heterocycles. The van der Waals surface area contributed by atoms with Gasteiger partial charge in [0.25, 0.3) is 5.91 Å². The minimum absolute atomic E-state index is 0.202. The lowest BCUT2D eigenvalue weighted by Gasteiger charge is -2.38. The van der Waals surface area contributed by atoms with Gasteiger partial charge in [-0.15, -0.1) is 0 Å². The van der Waals surface area contributed by atoms with Crippen LogP contribution in [0.1, 0.15) is 33.6 Å². The van der Waals surface area contributed by atoms with Crippen LogP contribution in [0.15, 0.2) is 0 Å². The number of nitrogens with one attached hydrogen (secondary N) is 3. The molecule has 0 aliphatic heterocycles. The van der Waals surface area contributed by atoms with Gasteiger partial charge in [-0.05, 0) is 40.2 Å². The van der Waals surface area contributed by atoms with E-state index in [0.717, 1.165) is 39.0 Å². The molecule has 0 fully saturated rings. The summed E-state index contributed by atoms with van der Waals surface area (Å²) in [5, 5.41) is 5.44. The molecule has 0 aromatic heterocycles. The van der Waals surface area contributed by atoms with Gasteiger partial charge < -0.3 is 30.6 Å². The fourth-order valence-electron chi connectivity index (χ4n) is 3.23. The topological polar surface area (TPSA) is 208 Å². The summed E-state index contributed by atoms with van der Waals surface area (Å²) in [6, 6.07) is -0.671. The van der Waals surface area contributed by atoms with E-state index in [2.05, 4.69) is 29.4 Å². The number of methoxy groups -OCH3 is 1. The molecule has 0 saturated carbocycles. The number of aldehydes is 2. The molecule has 3 atom stereocenters. The second kappa shape index (κ2) is 30.9. The van der Waals surface area contributed by atoms with Crippen LogP contribution >= 0.6 is 0 Å². The number of hydrazine groups is 1. The van der Waals surface area contributed by atoms with Crippen LogP contribution < -0.4 is 27.6 Å². The zero-order valence-corrected chi connectivity index (χ0v) is 27.3. The number of rotatable bonds is 24. The number of likely N-dealkylation sites (N-methyl/N-ethyl adjacent to an activating group) is 4. The summed E-state index contributed by atoms with van der Waals surface area (Å²) in [4.78, 5) is 57.3. The summed E-state index contributed by atoms with van der Waals surface area (Å²) in [5.41, 5.74) is 7.16. The number of hydrogen-bond acceptors (Lipinski definition) is 13. The van der Waals surface area contributed by atoms with Crippen molar-refractivity contribution < 1.29 is 42.7 Å². The van der Waals surface area contributed by atoms with Crippen LogP contribution in [-0.2, 0) is 38.2 Å². The minimum Gasteiger partial charge on any atom is -0.386 e. The molecular weight excluding hydrogens is 564 g/mol. The van der Waals surface area contributed by atoms with E-state index in [1.807, 2.05) is 38.4 Å².